The lowest BCUT2D eigenvalue weighted by Gasteiger charge is -2.19. The van der Waals surface area contributed by atoms with E-state index >= 15 is 0 Å². The molecule has 0 aliphatic rings. The van der Waals surface area contributed by atoms with Crippen molar-refractivity contribution in [3.63, 3.8) is 0 Å². The van der Waals surface area contributed by atoms with Crippen molar-refractivity contribution in [1.29, 1.82) is 0 Å². The van der Waals surface area contributed by atoms with Gasteiger partial charge in [-0.15, -0.1) is 0 Å². The van der Waals surface area contributed by atoms with Crippen LogP contribution in [0, 0.1) is 5.92 Å². The van der Waals surface area contributed by atoms with Crippen LogP contribution < -0.4 is 0 Å². The van der Waals surface area contributed by atoms with Crippen LogP contribution in [-0.2, 0) is 4.79 Å². The summed E-state index contributed by atoms with van der Waals surface area (Å²) in [6, 6.07) is 3.34. The summed E-state index contributed by atoms with van der Waals surface area (Å²) in [4.78, 5) is 28.4. The minimum absolute atomic E-state index is 0.209. The monoisotopic (exact) mass is 262 g/mol. The molecule has 0 saturated heterocycles. The molecule has 1 aromatic heterocycles. The molecule has 102 valence electrons. The Morgan fingerprint density at radius 1 is 1.47 bits per heavy atom. The average molecular weight is 262 g/mol. The van der Waals surface area contributed by atoms with Crippen LogP contribution in [0.2, 0.25) is 0 Å². The van der Waals surface area contributed by atoms with Crippen LogP contribution in [-0.4, -0.2) is 40.5 Å². The van der Waals surface area contributed by atoms with E-state index < -0.39 is 5.97 Å². The summed E-state index contributed by atoms with van der Waals surface area (Å²) in [7, 11) is 1.71. The van der Waals surface area contributed by atoms with Gasteiger partial charge in [0, 0.05) is 31.4 Å². The first-order valence-electron chi connectivity index (χ1n) is 6.03. The number of amides is 1. The van der Waals surface area contributed by atoms with E-state index in [-0.39, 0.29) is 11.6 Å². The van der Waals surface area contributed by atoms with E-state index in [4.69, 9.17) is 5.11 Å². The zero-order chi connectivity index (χ0) is 14.4. The maximum atomic E-state index is 12.2. The number of hydrogen-bond donors (Lipinski definition) is 1. The number of rotatable bonds is 5. The highest BCUT2D eigenvalue weighted by Gasteiger charge is 2.16. The molecule has 5 nitrogen and oxygen atoms in total. The van der Waals surface area contributed by atoms with Crippen molar-refractivity contribution >= 4 is 18.0 Å². The molecule has 0 aliphatic carbocycles. The van der Waals surface area contributed by atoms with Crippen LogP contribution in [0.15, 0.2) is 24.4 Å². The van der Waals surface area contributed by atoms with Crippen molar-refractivity contribution in [2.75, 3.05) is 13.6 Å². The van der Waals surface area contributed by atoms with Crippen LogP contribution in [0.25, 0.3) is 6.08 Å². The molecule has 1 N–H and O–H groups in total. The fourth-order valence-electron chi connectivity index (χ4n) is 1.70. The molecule has 1 heterocycles. The topological polar surface area (TPSA) is 70.5 Å². The molecular formula is C14H18N2O3. The SMILES string of the molecule is CC(C)CN(C)C(=O)c1ncccc1/C=C/C(=O)O. The van der Waals surface area contributed by atoms with Crippen molar-refractivity contribution in [1.82, 2.24) is 9.88 Å². The van der Waals surface area contributed by atoms with Crippen LogP contribution in [0.5, 0.6) is 0 Å². The van der Waals surface area contributed by atoms with E-state index in [0.717, 1.165) is 6.08 Å². The Balaban J connectivity index is 2.99. The van der Waals surface area contributed by atoms with Crippen molar-refractivity contribution in [3.8, 4) is 0 Å². The van der Waals surface area contributed by atoms with Crippen molar-refractivity contribution < 1.29 is 14.7 Å². The third-order valence-electron chi connectivity index (χ3n) is 2.43. The molecule has 0 radical (unpaired) electrons. The van der Waals surface area contributed by atoms with Crippen LogP contribution >= 0.6 is 0 Å². The Labute approximate surface area is 112 Å². The second-order valence-electron chi connectivity index (χ2n) is 4.69. The zero-order valence-corrected chi connectivity index (χ0v) is 11.3. The summed E-state index contributed by atoms with van der Waals surface area (Å²) < 4.78 is 0. The average Bonchev–Trinajstić information content (AvgIpc) is 2.35. The van der Waals surface area contributed by atoms with Gasteiger partial charge in [-0.25, -0.2) is 4.79 Å². The predicted molar refractivity (Wildman–Crippen MR) is 72.7 cm³/mol. The first kappa shape index (κ1) is 14.9. The highest BCUT2D eigenvalue weighted by molar-refractivity contribution is 5.97. The van der Waals surface area contributed by atoms with Crippen LogP contribution in [0.1, 0.15) is 29.9 Å². The van der Waals surface area contributed by atoms with Gasteiger partial charge in [0.05, 0.1) is 0 Å². The first-order chi connectivity index (χ1) is 8.91. The molecular weight excluding hydrogens is 244 g/mol. The number of pyridine rings is 1. The predicted octanol–water partition coefficient (Wildman–Crippen LogP) is 1.91. The number of carboxylic acid groups (broad SMARTS) is 1. The van der Waals surface area contributed by atoms with Crippen molar-refractivity contribution in [3.05, 3.63) is 35.7 Å². The zero-order valence-electron chi connectivity index (χ0n) is 11.3. The van der Waals surface area contributed by atoms with E-state index in [1.54, 1.807) is 24.1 Å². The number of carbonyl (C=O) groups excluding carboxylic acids is 1. The standard InChI is InChI=1S/C14H18N2O3/c1-10(2)9-16(3)14(19)13-11(5-4-8-15-13)6-7-12(17)18/h4-8,10H,9H2,1-3H3,(H,17,18)/b7-6+. The molecule has 5 heteroatoms. The normalized spacial score (nSPS) is 10.9. The van der Waals surface area contributed by atoms with Gasteiger partial charge in [-0.1, -0.05) is 19.9 Å². The maximum Gasteiger partial charge on any atom is 0.328 e. The van der Waals surface area contributed by atoms with E-state index in [0.29, 0.717) is 18.0 Å². The Kier molecular flexibility index (Phi) is 5.23. The molecule has 0 unspecified atom stereocenters. The third kappa shape index (κ3) is 4.54. The fraction of sp³-hybridized carbons (Fsp3) is 0.357. The molecule has 0 bridgehead atoms. The third-order valence-corrected chi connectivity index (χ3v) is 2.43. The quantitative estimate of drug-likeness (QED) is 0.823. The molecule has 1 rings (SSSR count). The minimum atomic E-state index is -1.06. The molecule has 19 heavy (non-hydrogen) atoms. The van der Waals surface area contributed by atoms with Gasteiger partial charge in [-0.3, -0.25) is 9.78 Å². The second kappa shape index (κ2) is 6.68. The minimum Gasteiger partial charge on any atom is -0.478 e. The Bertz CT molecular complexity index is 495. The maximum absolute atomic E-state index is 12.2. The van der Waals surface area contributed by atoms with E-state index in [2.05, 4.69) is 4.98 Å². The van der Waals surface area contributed by atoms with Gasteiger partial charge in [0.25, 0.3) is 5.91 Å². The number of aliphatic carboxylic acids is 1. The summed E-state index contributed by atoms with van der Waals surface area (Å²) in [5.41, 5.74) is 0.772. The Morgan fingerprint density at radius 2 is 2.16 bits per heavy atom. The highest BCUT2D eigenvalue weighted by atomic mass is 16.4. The molecule has 1 aromatic rings. The Hall–Kier alpha value is -2.17. The van der Waals surface area contributed by atoms with E-state index in [9.17, 15) is 9.59 Å². The lowest BCUT2D eigenvalue weighted by Crippen LogP contribution is -2.31. The summed E-state index contributed by atoms with van der Waals surface area (Å²) in [5.74, 6) is -0.909. The largest absolute Gasteiger partial charge is 0.478 e. The van der Waals surface area contributed by atoms with Gasteiger partial charge < -0.3 is 10.0 Å². The molecule has 0 saturated carbocycles. The van der Waals surface area contributed by atoms with Gasteiger partial charge in [0.15, 0.2) is 0 Å². The van der Waals surface area contributed by atoms with Gasteiger partial charge in [0.2, 0.25) is 0 Å². The van der Waals surface area contributed by atoms with Crippen molar-refractivity contribution in [2.24, 2.45) is 5.92 Å². The second-order valence-corrected chi connectivity index (χ2v) is 4.69. The molecule has 0 spiro atoms. The van der Waals surface area contributed by atoms with Crippen molar-refractivity contribution in [2.45, 2.75) is 13.8 Å². The molecule has 0 fully saturated rings. The number of nitrogens with zero attached hydrogens (tertiary/aromatic N) is 2. The highest BCUT2D eigenvalue weighted by Crippen LogP contribution is 2.11. The lowest BCUT2D eigenvalue weighted by atomic mass is 10.1. The fourth-order valence-corrected chi connectivity index (χ4v) is 1.70. The molecule has 0 aliphatic heterocycles. The molecule has 0 atom stereocenters. The smallest absolute Gasteiger partial charge is 0.328 e. The first-order valence-corrected chi connectivity index (χ1v) is 6.03. The van der Waals surface area contributed by atoms with E-state index in [1.165, 1.54) is 12.3 Å². The number of carbonyl (C=O) groups is 2. The van der Waals surface area contributed by atoms with Gasteiger partial charge in [-0.05, 0) is 18.1 Å². The van der Waals surface area contributed by atoms with Gasteiger partial charge in [0.1, 0.15) is 5.69 Å². The molecule has 0 aromatic carbocycles. The van der Waals surface area contributed by atoms with Gasteiger partial charge in [-0.2, -0.15) is 0 Å². The van der Waals surface area contributed by atoms with Crippen LogP contribution in [0.3, 0.4) is 0 Å². The lowest BCUT2D eigenvalue weighted by molar-refractivity contribution is -0.131. The van der Waals surface area contributed by atoms with Gasteiger partial charge >= 0.3 is 5.97 Å². The summed E-state index contributed by atoms with van der Waals surface area (Å²) in [6.45, 7) is 4.67. The number of hydrogen-bond acceptors (Lipinski definition) is 3. The molecule has 1 amide bonds. The summed E-state index contributed by atoms with van der Waals surface area (Å²) >= 11 is 0. The number of carboxylic acids is 1. The van der Waals surface area contributed by atoms with Crippen LogP contribution in [0.4, 0.5) is 0 Å². The Morgan fingerprint density at radius 3 is 2.74 bits per heavy atom. The summed E-state index contributed by atoms with van der Waals surface area (Å²) in [6.07, 6.45) is 3.90. The number of aromatic nitrogens is 1. The van der Waals surface area contributed by atoms with E-state index in [1.807, 2.05) is 13.8 Å². The summed E-state index contributed by atoms with van der Waals surface area (Å²) in [5, 5.41) is 8.63.